The summed E-state index contributed by atoms with van der Waals surface area (Å²) in [5.41, 5.74) is 11.5. The fourth-order valence-electron chi connectivity index (χ4n) is 5.11. The van der Waals surface area contributed by atoms with Crippen LogP contribution in [-0.4, -0.2) is 29.5 Å². The summed E-state index contributed by atoms with van der Waals surface area (Å²) in [6.07, 6.45) is 9.06. The van der Waals surface area contributed by atoms with Crippen molar-refractivity contribution in [2.75, 3.05) is 0 Å². The fourth-order valence-corrected chi connectivity index (χ4v) is 5.11. The van der Waals surface area contributed by atoms with Crippen molar-refractivity contribution < 1.29 is 22.3 Å². The molecule has 4 bridgehead atoms. The van der Waals surface area contributed by atoms with Crippen molar-refractivity contribution in [2.24, 2.45) is 34.6 Å². The molecule has 0 radical (unpaired) electrons. The summed E-state index contributed by atoms with van der Waals surface area (Å²) in [5.74, 6) is 2.44. The van der Waals surface area contributed by atoms with Gasteiger partial charge >= 0.3 is 10.4 Å². The van der Waals surface area contributed by atoms with Crippen LogP contribution in [0.25, 0.3) is 0 Å². The van der Waals surface area contributed by atoms with E-state index in [9.17, 15) is 4.79 Å². The van der Waals surface area contributed by atoms with Gasteiger partial charge in [0.1, 0.15) is 0 Å². The highest BCUT2D eigenvalue weighted by molar-refractivity contribution is 7.79. The second kappa shape index (κ2) is 5.83. The molecule has 4 aliphatic rings. The standard InChI is InChI=1S/C13H22N2O.H2O4S/c14-11(12(15)16)7-13-4-8-1-9(5-13)3-10(2-8)6-13;1-5(2,3)4/h8-11H,1-7,14H2,(H2,15,16);(H2,1,2,3,4). The van der Waals surface area contributed by atoms with Crippen molar-refractivity contribution in [1.29, 1.82) is 0 Å². The first-order valence-electron chi connectivity index (χ1n) is 7.31. The first-order chi connectivity index (χ1) is 9.56. The topological polar surface area (TPSA) is 144 Å². The summed E-state index contributed by atoms with van der Waals surface area (Å²) in [6, 6.07) is -0.420. The molecule has 0 aromatic carbocycles. The summed E-state index contributed by atoms with van der Waals surface area (Å²) in [7, 11) is -4.67. The highest BCUT2D eigenvalue weighted by Crippen LogP contribution is 2.61. The lowest BCUT2D eigenvalue weighted by molar-refractivity contribution is -0.122. The maximum absolute atomic E-state index is 11.1. The first kappa shape index (κ1) is 16.7. The van der Waals surface area contributed by atoms with Crippen LogP contribution in [0.15, 0.2) is 0 Å². The Morgan fingerprint density at radius 3 is 1.71 bits per heavy atom. The molecule has 1 atom stereocenters. The van der Waals surface area contributed by atoms with Gasteiger partial charge in [-0.05, 0) is 68.1 Å². The molecule has 8 heteroatoms. The highest BCUT2D eigenvalue weighted by Gasteiger charge is 2.51. The molecule has 6 N–H and O–H groups in total. The van der Waals surface area contributed by atoms with Gasteiger partial charge in [-0.3, -0.25) is 13.9 Å². The van der Waals surface area contributed by atoms with Gasteiger partial charge in [0.05, 0.1) is 6.04 Å². The van der Waals surface area contributed by atoms with Crippen molar-refractivity contribution in [3.05, 3.63) is 0 Å². The van der Waals surface area contributed by atoms with Gasteiger partial charge in [0.25, 0.3) is 0 Å². The van der Waals surface area contributed by atoms with E-state index in [0.29, 0.717) is 5.41 Å². The van der Waals surface area contributed by atoms with E-state index in [4.69, 9.17) is 29.0 Å². The summed E-state index contributed by atoms with van der Waals surface area (Å²) >= 11 is 0. The summed E-state index contributed by atoms with van der Waals surface area (Å²) in [4.78, 5) is 11.1. The van der Waals surface area contributed by atoms with Crippen molar-refractivity contribution in [2.45, 2.75) is 51.0 Å². The molecular weight excluding hydrogens is 296 g/mol. The monoisotopic (exact) mass is 320 g/mol. The maximum Gasteiger partial charge on any atom is 0.394 e. The van der Waals surface area contributed by atoms with Gasteiger partial charge in [0, 0.05) is 0 Å². The molecule has 0 aromatic rings. The van der Waals surface area contributed by atoms with Gasteiger partial charge in [-0.15, -0.1) is 0 Å². The van der Waals surface area contributed by atoms with E-state index >= 15 is 0 Å². The lowest BCUT2D eigenvalue weighted by Crippen LogP contribution is -2.50. The minimum absolute atomic E-state index is 0.323. The Bertz CT molecular complexity index is 461. The average Bonchev–Trinajstić information content (AvgIpc) is 2.23. The Morgan fingerprint density at radius 1 is 1.10 bits per heavy atom. The number of hydrogen-bond donors (Lipinski definition) is 4. The predicted octanol–water partition coefficient (Wildman–Crippen LogP) is 0.753. The fraction of sp³-hybridized carbons (Fsp3) is 0.923. The number of carbonyl (C=O) groups excluding carboxylic acids is 1. The third-order valence-electron chi connectivity index (χ3n) is 5.18. The number of hydrogen-bond acceptors (Lipinski definition) is 4. The van der Waals surface area contributed by atoms with Crippen LogP contribution in [0, 0.1) is 23.2 Å². The Morgan fingerprint density at radius 2 is 1.43 bits per heavy atom. The molecule has 4 fully saturated rings. The second-order valence-electron chi connectivity index (χ2n) is 7.08. The highest BCUT2D eigenvalue weighted by atomic mass is 32.3. The minimum Gasteiger partial charge on any atom is -0.368 e. The summed E-state index contributed by atoms with van der Waals surface area (Å²) in [6.45, 7) is 0. The van der Waals surface area contributed by atoms with Crippen LogP contribution in [0.4, 0.5) is 0 Å². The smallest absolute Gasteiger partial charge is 0.368 e. The van der Waals surface area contributed by atoms with E-state index in [1.54, 1.807) is 0 Å². The molecule has 1 amide bonds. The van der Waals surface area contributed by atoms with E-state index in [2.05, 4.69) is 0 Å². The van der Waals surface area contributed by atoms with Gasteiger partial charge in [0.2, 0.25) is 5.91 Å². The SMILES string of the molecule is NC(=O)C(N)CC12CC3CC(CC(C3)C1)C2.O=S(=O)(O)O. The minimum atomic E-state index is -4.67. The number of carbonyl (C=O) groups is 1. The molecule has 0 heterocycles. The van der Waals surface area contributed by atoms with E-state index in [1.807, 2.05) is 0 Å². The lowest BCUT2D eigenvalue weighted by atomic mass is 9.48. The number of rotatable bonds is 3. The Balaban J connectivity index is 0.000000282. The molecule has 0 aromatic heterocycles. The van der Waals surface area contributed by atoms with Crippen molar-refractivity contribution in [1.82, 2.24) is 0 Å². The molecule has 0 spiro atoms. The van der Waals surface area contributed by atoms with Crippen LogP contribution in [0.5, 0.6) is 0 Å². The molecule has 4 aliphatic carbocycles. The molecule has 7 nitrogen and oxygen atoms in total. The zero-order chi connectivity index (χ0) is 15.8. The zero-order valence-corrected chi connectivity index (χ0v) is 12.8. The maximum atomic E-state index is 11.1. The molecule has 0 aliphatic heterocycles. The molecule has 21 heavy (non-hydrogen) atoms. The largest absolute Gasteiger partial charge is 0.394 e. The molecule has 4 saturated carbocycles. The van der Waals surface area contributed by atoms with Gasteiger partial charge in [-0.2, -0.15) is 8.42 Å². The van der Waals surface area contributed by atoms with E-state index in [-0.39, 0.29) is 5.91 Å². The number of amides is 1. The Hall–Kier alpha value is -0.700. The van der Waals surface area contributed by atoms with Gasteiger partial charge in [-0.25, -0.2) is 0 Å². The third-order valence-corrected chi connectivity index (χ3v) is 5.18. The summed E-state index contributed by atoms with van der Waals surface area (Å²) in [5, 5.41) is 0. The van der Waals surface area contributed by atoms with Gasteiger partial charge in [0.15, 0.2) is 0 Å². The number of nitrogens with two attached hydrogens (primary N) is 2. The van der Waals surface area contributed by atoms with Crippen LogP contribution < -0.4 is 11.5 Å². The molecule has 122 valence electrons. The molecule has 1 unspecified atom stereocenters. The number of primary amides is 1. The quantitative estimate of drug-likeness (QED) is 0.565. The molecule has 4 rings (SSSR count). The van der Waals surface area contributed by atoms with Crippen molar-refractivity contribution in [3.8, 4) is 0 Å². The van der Waals surface area contributed by atoms with Crippen LogP contribution in [0.3, 0.4) is 0 Å². The summed E-state index contributed by atoms with van der Waals surface area (Å²) < 4.78 is 31.6. The third kappa shape index (κ3) is 4.64. The van der Waals surface area contributed by atoms with E-state index in [0.717, 1.165) is 24.2 Å². The molecule has 0 saturated heterocycles. The van der Waals surface area contributed by atoms with Crippen LogP contribution in [-0.2, 0) is 15.2 Å². The van der Waals surface area contributed by atoms with Crippen LogP contribution in [0.1, 0.15) is 44.9 Å². The normalized spacial score (nSPS) is 38.5. The van der Waals surface area contributed by atoms with E-state index < -0.39 is 16.4 Å². The Labute approximate surface area is 125 Å². The van der Waals surface area contributed by atoms with Gasteiger partial charge in [-0.1, -0.05) is 0 Å². The van der Waals surface area contributed by atoms with Crippen molar-refractivity contribution >= 4 is 16.3 Å². The van der Waals surface area contributed by atoms with Gasteiger partial charge < -0.3 is 11.5 Å². The van der Waals surface area contributed by atoms with Crippen molar-refractivity contribution in [3.63, 3.8) is 0 Å². The average molecular weight is 320 g/mol. The van der Waals surface area contributed by atoms with E-state index in [1.165, 1.54) is 38.5 Å². The predicted molar refractivity (Wildman–Crippen MR) is 76.6 cm³/mol. The second-order valence-corrected chi connectivity index (χ2v) is 7.97. The lowest BCUT2D eigenvalue weighted by Gasteiger charge is -2.57. The first-order valence-corrected chi connectivity index (χ1v) is 8.71. The molecular formula is C13H24N2O5S. The van der Waals surface area contributed by atoms with Crippen LogP contribution >= 0.6 is 0 Å². The zero-order valence-electron chi connectivity index (χ0n) is 11.9. The van der Waals surface area contributed by atoms with Crippen LogP contribution in [0.2, 0.25) is 0 Å². The Kier molecular flexibility index (Phi) is 4.63.